The summed E-state index contributed by atoms with van der Waals surface area (Å²) >= 11 is 6.36. The van der Waals surface area contributed by atoms with Gasteiger partial charge in [-0.05, 0) is 56.2 Å². The van der Waals surface area contributed by atoms with Gasteiger partial charge in [-0.15, -0.1) is 0 Å². The maximum atomic E-state index is 12.5. The maximum absolute atomic E-state index is 12.5. The van der Waals surface area contributed by atoms with E-state index in [1.807, 2.05) is 19.1 Å². The van der Waals surface area contributed by atoms with Gasteiger partial charge in [0, 0.05) is 36.1 Å². The number of nitriles is 1. The van der Waals surface area contributed by atoms with Gasteiger partial charge in [0.2, 0.25) is 5.91 Å². The number of nitrogens with two attached hydrogens (primary N) is 1. The Morgan fingerprint density at radius 2 is 2.23 bits per heavy atom. The summed E-state index contributed by atoms with van der Waals surface area (Å²) in [5.41, 5.74) is 8.84. The molecule has 1 saturated heterocycles. The lowest BCUT2D eigenvalue weighted by atomic mass is 9.83. The summed E-state index contributed by atoms with van der Waals surface area (Å²) in [7, 11) is 0. The Bertz CT molecular complexity index is 888. The molecule has 3 aliphatic rings. The first kappa shape index (κ1) is 21.3. The SMILES string of the molecule is Cc1ccc(C2NCC(CNC(=O)C3(C#N)CC3)C(C3=CCC(N)CC3)N2)cc1Cl. The van der Waals surface area contributed by atoms with Gasteiger partial charge in [0.05, 0.1) is 12.2 Å². The summed E-state index contributed by atoms with van der Waals surface area (Å²) < 4.78 is 0. The minimum atomic E-state index is -0.789. The molecule has 1 aliphatic heterocycles. The molecule has 2 aliphatic carbocycles. The molecule has 1 heterocycles. The predicted octanol–water partition coefficient (Wildman–Crippen LogP) is 2.68. The van der Waals surface area contributed by atoms with Crippen molar-refractivity contribution >= 4 is 17.5 Å². The van der Waals surface area contributed by atoms with Crippen molar-refractivity contribution in [2.75, 3.05) is 13.1 Å². The van der Waals surface area contributed by atoms with Crippen molar-refractivity contribution in [3.05, 3.63) is 46.0 Å². The topological polar surface area (TPSA) is 103 Å². The Morgan fingerprint density at radius 1 is 1.43 bits per heavy atom. The van der Waals surface area contributed by atoms with E-state index in [-0.39, 0.29) is 30.1 Å². The van der Waals surface area contributed by atoms with Gasteiger partial charge in [0.25, 0.3) is 0 Å². The molecule has 2 fully saturated rings. The molecule has 0 radical (unpaired) electrons. The summed E-state index contributed by atoms with van der Waals surface area (Å²) in [4.78, 5) is 12.5. The molecule has 1 aromatic rings. The molecule has 5 N–H and O–H groups in total. The van der Waals surface area contributed by atoms with Crippen LogP contribution in [0.1, 0.15) is 49.4 Å². The molecular weight excluding hydrogens is 398 g/mol. The summed E-state index contributed by atoms with van der Waals surface area (Å²) in [6.45, 7) is 3.30. The van der Waals surface area contributed by atoms with E-state index in [1.165, 1.54) is 5.57 Å². The maximum Gasteiger partial charge on any atom is 0.240 e. The molecule has 1 amide bonds. The molecule has 30 heavy (non-hydrogen) atoms. The van der Waals surface area contributed by atoms with Crippen LogP contribution in [-0.2, 0) is 4.79 Å². The number of halogens is 1. The van der Waals surface area contributed by atoms with Crippen LogP contribution in [0.3, 0.4) is 0 Å². The fraction of sp³-hybridized carbons (Fsp3) is 0.565. The number of aryl methyl sites for hydroxylation is 1. The Hall–Kier alpha value is -1.91. The number of hydrogen-bond acceptors (Lipinski definition) is 5. The fourth-order valence-corrected chi connectivity index (χ4v) is 4.62. The van der Waals surface area contributed by atoms with Crippen molar-refractivity contribution in [1.29, 1.82) is 5.26 Å². The van der Waals surface area contributed by atoms with Gasteiger partial charge in [0.1, 0.15) is 5.41 Å². The second-order valence-electron chi connectivity index (χ2n) is 8.97. The largest absolute Gasteiger partial charge is 0.354 e. The smallest absolute Gasteiger partial charge is 0.240 e. The van der Waals surface area contributed by atoms with E-state index in [0.717, 1.165) is 42.0 Å². The molecule has 4 unspecified atom stereocenters. The van der Waals surface area contributed by atoms with Crippen molar-refractivity contribution < 1.29 is 4.79 Å². The Morgan fingerprint density at radius 3 is 2.87 bits per heavy atom. The van der Waals surface area contributed by atoms with Gasteiger partial charge in [-0.1, -0.05) is 35.4 Å². The number of benzene rings is 1. The van der Waals surface area contributed by atoms with Gasteiger partial charge < -0.3 is 11.1 Å². The first-order valence-corrected chi connectivity index (χ1v) is 11.2. The highest BCUT2D eigenvalue weighted by Crippen LogP contribution is 2.45. The number of rotatable bonds is 5. The summed E-state index contributed by atoms with van der Waals surface area (Å²) in [6, 6.07) is 8.69. The Kier molecular flexibility index (Phi) is 6.17. The number of carbonyl (C=O) groups is 1. The molecule has 4 atom stereocenters. The number of hydrogen-bond donors (Lipinski definition) is 4. The van der Waals surface area contributed by atoms with Crippen LogP contribution < -0.4 is 21.7 Å². The van der Waals surface area contributed by atoms with Crippen LogP contribution in [-0.4, -0.2) is 31.1 Å². The number of carbonyl (C=O) groups excluding carboxylic acids is 1. The van der Waals surface area contributed by atoms with E-state index < -0.39 is 5.41 Å². The number of amides is 1. The average molecular weight is 428 g/mol. The lowest BCUT2D eigenvalue weighted by molar-refractivity contribution is -0.124. The van der Waals surface area contributed by atoms with Crippen LogP contribution in [0.15, 0.2) is 29.8 Å². The van der Waals surface area contributed by atoms with Gasteiger partial charge in [-0.3, -0.25) is 15.4 Å². The highest BCUT2D eigenvalue weighted by molar-refractivity contribution is 6.31. The van der Waals surface area contributed by atoms with Crippen LogP contribution in [0.2, 0.25) is 5.02 Å². The quantitative estimate of drug-likeness (QED) is 0.541. The third kappa shape index (κ3) is 4.40. The normalized spacial score (nSPS) is 30.1. The summed E-state index contributed by atoms with van der Waals surface area (Å²) in [5, 5.41) is 20.4. The Labute approximate surface area is 183 Å². The molecule has 1 saturated carbocycles. The third-order valence-corrected chi connectivity index (χ3v) is 7.15. The van der Waals surface area contributed by atoms with Crippen molar-refractivity contribution in [2.45, 2.75) is 57.3 Å². The minimum absolute atomic E-state index is 0.00886. The van der Waals surface area contributed by atoms with E-state index >= 15 is 0 Å². The Balaban J connectivity index is 1.49. The van der Waals surface area contributed by atoms with Gasteiger partial charge >= 0.3 is 0 Å². The number of nitrogens with one attached hydrogen (secondary N) is 3. The standard InChI is InChI=1S/C23H30ClN5O/c1-14-2-3-16(10-19(14)24)21-27-11-17(12-28-22(30)23(13-25)8-9-23)20(29-21)15-4-6-18(26)7-5-15/h2-4,10,17-18,20-21,27,29H,5-9,11-12,26H2,1H3,(H,28,30). The first-order chi connectivity index (χ1) is 14.4. The van der Waals surface area contributed by atoms with Crippen LogP contribution in [0.25, 0.3) is 0 Å². The lowest BCUT2D eigenvalue weighted by Crippen LogP contribution is -2.57. The molecule has 0 spiro atoms. The summed E-state index contributed by atoms with van der Waals surface area (Å²) in [5.74, 6) is 0.0667. The highest BCUT2D eigenvalue weighted by Gasteiger charge is 2.50. The average Bonchev–Trinajstić information content (AvgIpc) is 3.56. The van der Waals surface area contributed by atoms with E-state index in [0.29, 0.717) is 19.4 Å². The van der Waals surface area contributed by atoms with E-state index in [4.69, 9.17) is 17.3 Å². The van der Waals surface area contributed by atoms with Crippen LogP contribution in [0.5, 0.6) is 0 Å². The van der Waals surface area contributed by atoms with Gasteiger partial charge in [-0.2, -0.15) is 5.26 Å². The van der Waals surface area contributed by atoms with E-state index in [2.05, 4.69) is 34.2 Å². The van der Waals surface area contributed by atoms with E-state index in [1.54, 1.807) is 0 Å². The van der Waals surface area contributed by atoms with Crippen LogP contribution in [0.4, 0.5) is 0 Å². The zero-order valence-electron chi connectivity index (χ0n) is 17.4. The molecule has 0 bridgehead atoms. The van der Waals surface area contributed by atoms with E-state index in [9.17, 15) is 10.1 Å². The molecule has 4 rings (SSSR count). The van der Waals surface area contributed by atoms with Crippen molar-refractivity contribution in [2.24, 2.45) is 17.1 Å². The molecule has 1 aromatic carbocycles. The van der Waals surface area contributed by atoms with Gasteiger partial charge in [-0.25, -0.2) is 0 Å². The molecule has 6 nitrogen and oxygen atoms in total. The van der Waals surface area contributed by atoms with Gasteiger partial charge in [0.15, 0.2) is 0 Å². The predicted molar refractivity (Wildman–Crippen MR) is 118 cm³/mol. The molecule has 0 aromatic heterocycles. The molecular formula is C23H30ClN5O. The second kappa shape index (κ2) is 8.68. The first-order valence-electron chi connectivity index (χ1n) is 10.8. The molecule has 160 valence electrons. The van der Waals surface area contributed by atoms with Crippen LogP contribution >= 0.6 is 11.6 Å². The highest BCUT2D eigenvalue weighted by atomic mass is 35.5. The van der Waals surface area contributed by atoms with Crippen molar-refractivity contribution in [1.82, 2.24) is 16.0 Å². The summed E-state index contributed by atoms with van der Waals surface area (Å²) in [6.07, 6.45) is 6.42. The fourth-order valence-electron chi connectivity index (χ4n) is 4.43. The zero-order valence-corrected chi connectivity index (χ0v) is 18.1. The second-order valence-corrected chi connectivity index (χ2v) is 9.38. The number of nitrogens with zero attached hydrogens (tertiary/aromatic N) is 1. The minimum Gasteiger partial charge on any atom is -0.354 e. The van der Waals surface area contributed by atoms with Crippen molar-refractivity contribution in [3.63, 3.8) is 0 Å². The molecule has 7 heteroatoms. The lowest BCUT2D eigenvalue weighted by Gasteiger charge is -2.41. The third-order valence-electron chi connectivity index (χ3n) is 6.74. The zero-order chi connectivity index (χ0) is 21.3. The monoisotopic (exact) mass is 427 g/mol. The van der Waals surface area contributed by atoms with Crippen molar-refractivity contribution in [3.8, 4) is 6.07 Å². The van der Waals surface area contributed by atoms with Crippen LogP contribution in [0, 0.1) is 29.6 Å².